The number of halogens is 3. The van der Waals surface area contributed by atoms with Gasteiger partial charge in [-0.1, -0.05) is 22.8 Å². The van der Waals surface area contributed by atoms with Crippen molar-refractivity contribution in [3.8, 4) is 22.9 Å². The fourth-order valence-electron chi connectivity index (χ4n) is 3.31. The molecule has 1 aromatic heterocycles. The highest BCUT2D eigenvalue weighted by Crippen LogP contribution is 2.33. The van der Waals surface area contributed by atoms with E-state index in [-0.39, 0.29) is 5.75 Å². The second-order valence-corrected chi connectivity index (χ2v) is 7.68. The molecule has 1 aliphatic rings. The average molecular weight is 450 g/mol. The Hall–Kier alpha value is -2.71. The first-order chi connectivity index (χ1) is 15.0. The summed E-state index contributed by atoms with van der Waals surface area (Å²) >= 11 is 5.93. The summed E-state index contributed by atoms with van der Waals surface area (Å²) in [6, 6.07) is 12.7. The molecule has 0 saturated heterocycles. The van der Waals surface area contributed by atoms with Gasteiger partial charge in [-0.3, -0.25) is 4.90 Å². The highest BCUT2D eigenvalue weighted by molar-refractivity contribution is 6.30. The molecule has 1 heterocycles. The van der Waals surface area contributed by atoms with E-state index in [1.54, 1.807) is 31.2 Å². The minimum atomic E-state index is -2.90. The Kier molecular flexibility index (Phi) is 6.67. The molecular weight excluding hydrogens is 428 g/mol. The molecule has 1 fully saturated rings. The molecule has 0 radical (unpaired) electrons. The third kappa shape index (κ3) is 5.71. The molecule has 1 saturated carbocycles. The minimum Gasteiger partial charge on any atom is -0.490 e. The van der Waals surface area contributed by atoms with Crippen LogP contribution in [0.1, 0.15) is 31.2 Å². The summed E-state index contributed by atoms with van der Waals surface area (Å²) in [4.78, 5) is 6.74. The summed E-state index contributed by atoms with van der Waals surface area (Å²) in [7, 11) is 0. The first-order valence-corrected chi connectivity index (χ1v) is 10.4. The number of nitrogens with zero attached hydrogens (tertiary/aromatic N) is 3. The molecule has 0 bridgehead atoms. The number of benzene rings is 2. The number of rotatable bonds is 10. The number of hydrogen-bond donors (Lipinski definition) is 0. The largest absolute Gasteiger partial charge is 0.490 e. The zero-order valence-corrected chi connectivity index (χ0v) is 17.7. The molecule has 6 nitrogen and oxygen atoms in total. The van der Waals surface area contributed by atoms with E-state index in [0.29, 0.717) is 48.2 Å². The van der Waals surface area contributed by atoms with Gasteiger partial charge in [-0.15, -0.1) is 0 Å². The van der Waals surface area contributed by atoms with Gasteiger partial charge in [0.05, 0.1) is 13.2 Å². The molecule has 0 aliphatic heterocycles. The summed E-state index contributed by atoms with van der Waals surface area (Å²) < 4.78 is 40.8. The van der Waals surface area contributed by atoms with Crippen molar-refractivity contribution >= 4 is 11.6 Å². The van der Waals surface area contributed by atoms with Gasteiger partial charge in [0.2, 0.25) is 11.7 Å². The highest BCUT2D eigenvalue weighted by Gasteiger charge is 2.30. The van der Waals surface area contributed by atoms with E-state index >= 15 is 0 Å². The molecule has 0 atom stereocenters. The van der Waals surface area contributed by atoms with Gasteiger partial charge in [-0.25, -0.2) is 0 Å². The van der Waals surface area contributed by atoms with E-state index in [1.165, 1.54) is 6.07 Å². The van der Waals surface area contributed by atoms with E-state index in [2.05, 4.69) is 19.8 Å². The van der Waals surface area contributed by atoms with Crippen molar-refractivity contribution in [2.45, 2.75) is 45.5 Å². The predicted molar refractivity (Wildman–Crippen MR) is 111 cm³/mol. The Bertz CT molecular complexity index is 1010. The first-order valence-electron chi connectivity index (χ1n) is 10.0. The van der Waals surface area contributed by atoms with Gasteiger partial charge in [0.25, 0.3) is 0 Å². The van der Waals surface area contributed by atoms with E-state index < -0.39 is 6.61 Å². The number of alkyl halides is 2. The molecule has 0 unspecified atom stereocenters. The second kappa shape index (κ2) is 9.62. The van der Waals surface area contributed by atoms with Crippen molar-refractivity contribution in [3.05, 3.63) is 58.9 Å². The normalized spacial score (nSPS) is 13.7. The zero-order valence-electron chi connectivity index (χ0n) is 16.9. The van der Waals surface area contributed by atoms with Crippen molar-refractivity contribution in [2.75, 3.05) is 6.61 Å². The first kappa shape index (κ1) is 21.5. The predicted octanol–water partition coefficient (Wildman–Crippen LogP) is 5.55. The summed E-state index contributed by atoms with van der Waals surface area (Å²) in [5.74, 6) is 1.36. The Morgan fingerprint density at radius 1 is 1.13 bits per heavy atom. The molecule has 0 spiro atoms. The van der Waals surface area contributed by atoms with Crippen LogP contribution >= 0.6 is 11.6 Å². The van der Waals surface area contributed by atoms with Crippen molar-refractivity contribution in [1.29, 1.82) is 0 Å². The van der Waals surface area contributed by atoms with Gasteiger partial charge >= 0.3 is 6.61 Å². The maximum absolute atomic E-state index is 12.6. The van der Waals surface area contributed by atoms with E-state index in [1.807, 2.05) is 12.1 Å². The van der Waals surface area contributed by atoms with Crippen molar-refractivity contribution < 1.29 is 22.8 Å². The summed E-state index contributed by atoms with van der Waals surface area (Å²) in [6.07, 6.45) is 2.17. The molecule has 2 aromatic carbocycles. The van der Waals surface area contributed by atoms with Gasteiger partial charge in [0.15, 0.2) is 11.5 Å². The van der Waals surface area contributed by atoms with Crippen LogP contribution in [-0.2, 0) is 13.1 Å². The maximum Gasteiger partial charge on any atom is 0.387 e. The quantitative estimate of drug-likeness (QED) is 0.404. The van der Waals surface area contributed by atoms with Crippen molar-refractivity contribution in [2.24, 2.45) is 0 Å². The van der Waals surface area contributed by atoms with Gasteiger partial charge in [0.1, 0.15) is 0 Å². The molecular formula is C22H22ClF2N3O3. The van der Waals surface area contributed by atoms with Crippen LogP contribution in [0.5, 0.6) is 11.5 Å². The summed E-state index contributed by atoms with van der Waals surface area (Å²) in [5, 5.41) is 4.71. The van der Waals surface area contributed by atoms with Crippen LogP contribution in [-0.4, -0.2) is 34.3 Å². The standard InChI is InChI=1S/C22H22ClF2N3O3/c1-2-29-19-11-14(3-10-18(19)30-22(24)25)12-28(17-8-9-17)13-20-26-21(27-31-20)15-4-6-16(23)7-5-15/h3-7,10-11,17,22H,2,8-9,12-13H2,1H3. The maximum atomic E-state index is 12.6. The van der Waals surface area contributed by atoms with Crippen molar-refractivity contribution in [1.82, 2.24) is 15.0 Å². The topological polar surface area (TPSA) is 60.6 Å². The van der Waals surface area contributed by atoms with E-state index in [4.69, 9.17) is 20.9 Å². The molecule has 164 valence electrons. The van der Waals surface area contributed by atoms with Crippen LogP contribution in [0.3, 0.4) is 0 Å². The van der Waals surface area contributed by atoms with Gasteiger partial charge in [-0.05, 0) is 61.7 Å². The van der Waals surface area contributed by atoms with Gasteiger partial charge < -0.3 is 14.0 Å². The lowest BCUT2D eigenvalue weighted by Crippen LogP contribution is -2.25. The lowest BCUT2D eigenvalue weighted by Gasteiger charge is -2.21. The van der Waals surface area contributed by atoms with Crippen LogP contribution < -0.4 is 9.47 Å². The van der Waals surface area contributed by atoms with Crippen LogP contribution in [0.15, 0.2) is 47.0 Å². The van der Waals surface area contributed by atoms with Crippen LogP contribution in [0.4, 0.5) is 8.78 Å². The molecule has 4 rings (SSSR count). The van der Waals surface area contributed by atoms with E-state index in [0.717, 1.165) is 24.0 Å². The zero-order chi connectivity index (χ0) is 21.8. The van der Waals surface area contributed by atoms with E-state index in [9.17, 15) is 8.78 Å². The third-order valence-electron chi connectivity index (χ3n) is 4.88. The Labute approximate surface area is 183 Å². The lowest BCUT2D eigenvalue weighted by molar-refractivity contribution is -0.0514. The Morgan fingerprint density at radius 3 is 2.58 bits per heavy atom. The minimum absolute atomic E-state index is 0.0306. The average Bonchev–Trinajstić information content (AvgIpc) is 3.49. The summed E-state index contributed by atoms with van der Waals surface area (Å²) in [6.45, 7) is 0.331. The van der Waals surface area contributed by atoms with Crippen LogP contribution in [0, 0.1) is 0 Å². The second-order valence-electron chi connectivity index (χ2n) is 7.25. The lowest BCUT2D eigenvalue weighted by atomic mass is 10.2. The van der Waals surface area contributed by atoms with Crippen LogP contribution in [0.25, 0.3) is 11.4 Å². The number of ether oxygens (including phenoxy) is 2. The molecule has 3 aromatic rings. The third-order valence-corrected chi connectivity index (χ3v) is 5.13. The smallest absolute Gasteiger partial charge is 0.387 e. The monoisotopic (exact) mass is 449 g/mol. The number of hydrogen-bond acceptors (Lipinski definition) is 6. The molecule has 9 heteroatoms. The SMILES string of the molecule is CCOc1cc(CN(Cc2nc(-c3ccc(Cl)cc3)no2)C2CC2)ccc1OC(F)F. The number of aromatic nitrogens is 2. The molecule has 1 aliphatic carbocycles. The Morgan fingerprint density at radius 2 is 1.90 bits per heavy atom. The highest BCUT2D eigenvalue weighted by atomic mass is 35.5. The molecule has 31 heavy (non-hydrogen) atoms. The Balaban J connectivity index is 1.48. The van der Waals surface area contributed by atoms with Gasteiger partial charge in [-0.2, -0.15) is 13.8 Å². The van der Waals surface area contributed by atoms with Gasteiger partial charge in [0, 0.05) is 23.2 Å². The summed E-state index contributed by atoms with van der Waals surface area (Å²) in [5.41, 5.74) is 1.75. The molecule has 0 N–H and O–H groups in total. The van der Waals surface area contributed by atoms with Crippen LogP contribution in [0.2, 0.25) is 5.02 Å². The molecule has 0 amide bonds. The fourth-order valence-corrected chi connectivity index (χ4v) is 3.44. The fraction of sp³-hybridized carbons (Fsp3) is 0.364. The van der Waals surface area contributed by atoms with Crippen molar-refractivity contribution in [3.63, 3.8) is 0 Å².